The fraction of sp³-hybridized carbons (Fsp3) is 0.273. The summed E-state index contributed by atoms with van der Waals surface area (Å²) in [6.45, 7) is 0.617. The van der Waals surface area contributed by atoms with Crippen LogP contribution in [-0.4, -0.2) is 48.0 Å². The highest BCUT2D eigenvalue weighted by Gasteiger charge is 2.44. The van der Waals surface area contributed by atoms with E-state index in [-0.39, 0.29) is 34.9 Å². The van der Waals surface area contributed by atoms with E-state index in [1.807, 2.05) is 0 Å². The second-order valence-corrected chi connectivity index (χ2v) is 11.6. The summed E-state index contributed by atoms with van der Waals surface area (Å²) in [6, 6.07) is 8.32. The van der Waals surface area contributed by atoms with E-state index < -0.39 is 61.8 Å². The highest BCUT2D eigenvalue weighted by molar-refractivity contribution is 7.48. The first-order valence-electron chi connectivity index (χ1n) is 12.0. The van der Waals surface area contributed by atoms with Crippen molar-refractivity contribution in [2.45, 2.75) is 31.8 Å². The van der Waals surface area contributed by atoms with Gasteiger partial charge in [-0.1, -0.05) is 0 Å². The second kappa shape index (κ2) is 12.6. The molecule has 0 aliphatic carbocycles. The largest absolute Gasteiger partial charge is 0.527 e. The Labute approximate surface area is 239 Å². The fourth-order valence-corrected chi connectivity index (χ4v) is 5.61. The lowest BCUT2D eigenvalue weighted by atomic mass is 10.2. The number of H-pyrrole nitrogens is 1. The summed E-state index contributed by atoms with van der Waals surface area (Å²) < 4.78 is 52.2. The Hall–Kier alpha value is -4.22. The molecule has 0 radical (unpaired) electrons. The molecule has 1 aliphatic heterocycles. The predicted molar refractivity (Wildman–Crippen MR) is 143 cm³/mol. The number of hydrogen-bond acceptors (Lipinski definition) is 13. The molecule has 1 aromatic heterocycles. The van der Waals surface area contributed by atoms with Crippen molar-refractivity contribution in [2.24, 2.45) is 0 Å². The second-order valence-electron chi connectivity index (χ2n) is 8.90. The molecule has 0 amide bonds. The number of aromatic nitrogens is 2. The van der Waals surface area contributed by atoms with Gasteiger partial charge < -0.3 is 13.8 Å². The number of ether oxygens (including phenoxy) is 1. The Morgan fingerprint density at radius 2 is 1.47 bits per heavy atom. The zero-order chi connectivity index (χ0) is 31.5. The van der Waals surface area contributed by atoms with Gasteiger partial charge in [-0.2, -0.15) is 0 Å². The van der Waals surface area contributed by atoms with Gasteiger partial charge in [0, 0.05) is 42.4 Å². The van der Waals surface area contributed by atoms with Gasteiger partial charge in [-0.3, -0.25) is 53.4 Å². The first-order chi connectivity index (χ1) is 20.1. The molecule has 1 aliphatic rings. The molecule has 1 fully saturated rings. The summed E-state index contributed by atoms with van der Waals surface area (Å²) in [7, 11) is -9.89. The van der Waals surface area contributed by atoms with E-state index in [0.29, 0.717) is 0 Å². The lowest BCUT2D eigenvalue weighted by molar-refractivity contribution is -0.385. The standard InChI is InChI=1S/C22H22N4O15P2/c1-13-11-24(22(28)23-21(13)27)20-10-18(41-43(35,36)40-17-8-4-15(5-9-17)26(31)32)19(38-20)12-37-42(33,34)39-16-6-2-14(3-7-16)25(29)30/h2-9,11,18-20H,10,12H2,1H3,(H,33,34)(H,35,36)(H,23,27,28)/t18?,19-,20-/m1/s1. The third-order valence-corrected chi connectivity index (χ3v) is 7.74. The monoisotopic (exact) mass is 644 g/mol. The van der Waals surface area contributed by atoms with Crippen LogP contribution in [0.5, 0.6) is 11.5 Å². The van der Waals surface area contributed by atoms with Crippen molar-refractivity contribution >= 4 is 27.0 Å². The predicted octanol–water partition coefficient (Wildman–Crippen LogP) is 2.71. The summed E-state index contributed by atoms with van der Waals surface area (Å²) in [6.07, 6.45) is -3.17. The van der Waals surface area contributed by atoms with Crippen molar-refractivity contribution in [2.75, 3.05) is 6.61 Å². The Morgan fingerprint density at radius 1 is 0.953 bits per heavy atom. The van der Waals surface area contributed by atoms with Crippen LogP contribution in [0.1, 0.15) is 18.2 Å². The zero-order valence-corrected chi connectivity index (χ0v) is 23.6. The van der Waals surface area contributed by atoms with Crippen LogP contribution in [0.4, 0.5) is 11.4 Å². The number of phosphoric ester groups is 2. The number of phosphoric acid groups is 2. The molecule has 3 N–H and O–H groups in total. The molecule has 5 atom stereocenters. The lowest BCUT2D eigenvalue weighted by Gasteiger charge is -2.22. The van der Waals surface area contributed by atoms with Crippen LogP contribution in [0.25, 0.3) is 0 Å². The minimum absolute atomic E-state index is 0.131. The Balaban J connectivity index is 1.51. The summed E-state index contributed by atoms with van der Waals surface area (Å²) in [5.41, 5.74) is -2.02. The van der Waals surface area contributed by atoms with Crippen molar-refractivity contribution in [3.05, 3.63) is 101 Å². The van der Waals surface area contributed by atoms with Crippen molar-refractivity contribution in [1.29, 1.82) is 0 Å². The van der Waals surface area contributed by atoms with Crippen LogP contribution in [-0.2, 0) is 22.9 Å². The Morgan fingerprint density at radius 3 is 1.98 bits per heavy atom. The van der Waals surface area contributed by atoms with Crippen molar-refractivity contribution in [1.82, 2.24) is 9.55 Å². The molecule has 2 aromatic carbocycles. The Bertz CT molecular complexity index is 1720. The van der Waals surface area contributed by atoms with Crippen LogP contribution in [0.2, 0.25) is 0 Å². The number of non-ortho nitro benzene ring substituents is 2. The van der Waals surface area contributed by atoms with E-state index in [0.717, 1.165) is 53.1 Å². The molecule has 3 aromatic rings. The van der Waals surface area contributed by atoms with Crippen LogP contribution < -0.4 is 20.3 Å². The first kappa shape index (κ1) is 31.7. The van der Waals surface area contributed by atoms with Gasteiger partial charge >= 0.3 is 21.3 Å². The van der Waals surface area contributed by atoms with Crippen LogP contribution in [0.3, 0.4) is 0 Å². The molecule has 0 saturated carbocycles. The van der Waals surface area contributed by atoms with Crippen molar-refractivity contribution < 1.29 is 51.6 Å². The number of aryl methyl sites for hydroxylation is 1. The topological polar surface area (TPSA) is 262 Å². The number of rotatable bonds is 12. The number of nitro benzene ring substituents is 2. The minimum atomic E-state index is -4.99. The van der Waals surface area contributed by atoms with Gasteiger partial charge in [0.25, 0.3) is 16.9 Å². The van der Waals surface area contributed by atoms with E-state index in [2.05, 4.69) is 4.98 Å². The van der Waals surface area contributed by atoms with Gasteiger partial charge in [-0.05, 0) is 31.2 Å². The van der Waals surface area contributed by atoms with Crippen LogP contribution >= 0.6 is 15.6 Å². The summed E-state index contributed by atoms with van der Waals surface area (Å²) in [5.74, 6) is -0.510. The smallest absolute Gasteiger partial charge is 0.404 e. The zero-order valence-electron chi connectivity index (χ0n) is 21.8. The SMILES string of the molecule is Cc1cn([C@H]2CC(OP(=O)(O)Oc3ccc([N+](=O)[O-])cc3)[C@@H](COP(=O)(O)Oc3ccc([N+](=O)[O-])cc3)O2)c(=O)[nH]c1=O. The summed E-state index contributed by atoms with van der Waals surface area (Å²) in [5, 5.41) is 21.6. The average molecular weight is 644 g/mol. The number of hydrogen-bond donors (Lipinski definition) is 3. The molecule has 0 spiro atoms. The molecule has 19 nitrogen and oxygen atoms in total. The molecule has 230 valence electrons. The molecule has 43 heavy (non-hydrogen) atoms. The quantitative estimate of drug-likeness (QED) is 0.145. The van der Waals surface area contributed by atoms with Gasteiger partial charge in [0.15, 0.2) is 0 Å². The fourth-order valence-electron chi connectivity index (χ4n) is 3.84. The maximum absolute atomic E-state index is 12.8. The molecular formula is C22H22N4O15P2. The van der Waals surface area contributed by atoms with Crippen LogP contribution in [0.15, 0.2) is 64.3 Å². The summed E-state index contributed by atoms with van der Waals surface area (Å²) >= 11 is 0. The number of nitrogens with one attached hydrogen (secondary N) is 1. The van der Waals surface area contributed by atoms with Gasteiger partial charge in [0.2, 0.25) is 0 Å². The molecular weight excluding hydrogens is 622 g/mol. The van der Waals surface area contributed by atoms with E-state index in [1.165, 1.54) is 13.1 Å². The van der Waals surface area contributed by atoms with Gasteiger partial charge in [0.05, 0.1) is 16.5 Å². The highest BCUT2D eigenvalue weighted by atomic mass is 31.2. The molecule has 0 bridgehead atoms. The average Bonchev–Trinajstić information content (AvgIpc) is 3.31. The molecule has 2 heterocycles. The first-order valence-corrected chi connectivity index (χ1v) is 15.0. The van der Waals surface area contributed by atoms with Crippen LogP contribution in [0, 0.1) is 27.2 Å². The molecule has 21 heteroatoms. The van der Waals surface area contributed by atoms with Crippen molar-refractivity contribution in [3.63, 3.8) is 0 Å². The Kier molecular flexibility index (Phi) is 9.26. The number of nitro groups is 2. The van der Waals surface area contributed by atoms with E-state index in [1.54, 1.807) is 0 Å². The maximum atomic E-state index is 12.8. The van der Waals surface area contributed by atoms with E-state index in [9.17, 15) is 48.7 Å². The van der Waals surface area contributed by atoms with Gasteiger partial charge in [-0.25, -0.2) is 13.9 Å². The molecule has 1 saturated heterocycles. The van der Waals surface area contributed by atoms with Gasteiger partial charge in [-0.15, -0.1) is 0 Å². The third-order valence-electron chi connectivity index (χ3n) is 5.84. The number of nitrogens with zero attached hydrogens (tertiary/aromatic N) is 3. The number of aromatic amines is 1. The molecule has 4 rings (SSSR count). The maximum Gasteiger partial charge on any atom is 0.527 e. The van der Waals surface area contributed by atoms with E-state index >= 15 is 0 Å². The summed E-state index contributed by atoms with van der Waals surface area (Å²) in [4.78, 5) is 67.1. The van der Waals surface area contributed by atoms with E-state index in [4.69, 9.17) is 22.8 Å². The normalized spacial score (nSPS) is 21.0. The van der Waals surface area contributed by atoms with Gasteiger partial charge in [0.1, 0.15) is 29.9 Å². The number of benzene rings is 2. The third kappa shape index (κ3) is 8.20. The lowest BCUT2D eigenvalue weighted by Crippen LogP contribution is -2.33. The molecule has 3 unspecified atom stereocenters. The highest BCUT2D eigenvalue weighted by Crippen LogP contribution is 2.50. The van der Waals surface area contributed by atoms with Crippen molar-refractivity contribution in [3.8, 4) is 11.5 Å². The minimum Gasteiger partial charge on any atom is -0.404 e.